The normalized spacial score (nSPS) is 10.5. The maximum Gasteiger partial charge on any atom is 0.279 e. The minimum Gasteiger partial charge on any atom is -0.320 e. The van der Waals surface area contributed by atoms with Crippen molar-refractivity contribution in [3.8, 4) is 0 Å². The van der Waals surface area contributed by atoms with Gasteiger partial charge in [-0.1, -0.05) is 11.6 Å². The molecular weight excluding hydrogens is 204 g/mol. The number of pyridine rings is 1. The van der Waals surface area contributed by atoms with Crippen molar-refractivity contribution >= 4 is 17.9 Å². The Bertz CT molecular complexity index is 389. The quantitative estimate of drug-likeness (QED) is 0.752. The van der Waals surface area contributed by atoms with E-state index in [0.29, 0.717) is 0 Å². The lowest BCUT2D eigenvalue weighted by Crippen LogP contribution is -2.11. The predicted molar refractivity (Wildman–Crippen MR) is 42.4 cm³/mol. The summed E-state index contributed by atoms with van der Waals surface area (Å²) in [6, 6.07) is 0.872. The van der Waals surface area contributed by atoms with Gasteiger partial charge in [0.1, 0.15) is 0 Å². The third kappa shape index (κ3) is 1.92. The molecule has 0 fully saturated rings. The molecule has 1 N–H and O–H groups in total. The van der Waals surface area contributed by atoms with Gasteiger partial charge in [-0.15, -0.1) is 0 Å². The Hall–Kier alpha value is -1.23. The molecule has 1 rings (SSSR count). The van der Waals surface area contributed by atoms with E-state index in [-0.39, 0.29) is 16.9 Å². The summed E-state index contributed by atoms with van der Waals surface area (Å²) in [4.78, 5) is 22.9. The second-order valence-corrected chi connectivity index (χ2v) is 2.63. The second kappa shape index (κ2) is 3.66. The number of rotatable bonds is 2. The molecule has 1 heterocycles. The molecule has 0 spiro atoms. The van der Waals surface area contributed by atoms with Gasteiger partial charge >= 0.3 is 0 Å². The summed E-state index contributed by atoms with van der Waals surface area (Å²) in [5, 5.41) is -0.269. The average Bonchev–Trinajstić information content (AvgIpc) is 2.02. The molecule has 0 radical (unpaired) electrons. The van der Waals surface area contributed by atoms with Crippen LogP contribution in [0.2, 0.25) is 5.02 Å². The molecule has 13 heavy (non-hydrogen) atoms. The number of H-pyrrole nitrogens is 1. The molecule has 0 aromatic carbocycles. The van der Waals surface area contributed by atoms with Crippen LogP contribution < -0.4 is 5.56 Å². The molecule has 1 aromatic rings. The minimum absolute atomic E-state index is 0.180. The van der Waals surface area contributed by atoms with Gasteiger partial charge in [-0.25, -0.2) is 8.78 Å². The summed E-state index contributed by atoms with van der Waals surface area (Å²) in [6.07, 6.45) is -2.74. The van der Waals surface area contributed by atoms with Crippen molar-refractivity contribution in [3.63, 3.8) is 0 Å². The highest BCUT2D eigenvalue weighted by Gasteiger charge is 2.16. The van der Waals surface area contributed by atoms with E-state index in [1.807, 2.05) is 4.98 Å². The Kier molecular flexibility index (Phi) is 2.77. The molecule has 6 heteroatoms. The van der Waals surface area contributed by atoms with Crippen LogP contribution >= 0.6 is 11.6 Å². The van der Waals surface area contributed by atoms with Crippen molar-refractivity contribution in [1.29, 1.82) is 0 Å². The number of carbonyl (C=O) groups excluding carboxylic acids is 1. The SMILES string of the molecule is O=Cc1c(Cl)cc(=O)[nH]c1C(F)F. The largest absolute Gasteiger partial charge is 0.320 e. The van der Waals surface area contributed by atoms with E-state index < -0.39 is 17.7 Å². The topological polar surface area (TPSA) is 49.9 Å². The third-order valence-corrected chi connectivity index (χ3v) is 1.71. The fraction of sp³-hybridized carbons (Fsp3) is 0.143. The molecule has 70 valence electrons. The Morgan fingerprint density at radius 1 is 1.54 bits per heavy atom. The highest BCUT2D eigenvalue weighted by atomic mass is 35.5. The first-order chi connectivity index (χ1) is 6.06. The Morgan fingerprint density at radius 3 is 2.62 bits per heavy atom. The number of halogens is 3. The lowest BCUT2D eigenvalue weighted by Gasteiger charge is -2.03. The molecule has 0 aliphatic heterocycles. The molecule has 1 aromatic heterocycles. The zero-order valence-corrected chi connectivity index (χ0v) is 6.94. The highest BCUT2D eigenvalue weighted by Crippen LogP contribution is 2.22. The summed E-state index contributed by atoms with van der Waals surface area (Å²) < 4.78 is 24.4. The zero-order valence-electron chi connectivity index (χ0n) is 6.18. The minimum atomic E-state index is -2.92. The van der Waals surface area contributed by atoms with Crippen molar-refractivity contribution in [1.82, 2.24) is 4.98 Å². The highest BCUT2D eigenvalue weighted by molar-refractivity contribution is 6.33. The van der Waals surface area contributed by atoms with Crippen LogP contribution in [0, 0.1) is 0 Å². The predicted octanol–water partition coefficient (Wildman–Crippen LogP) is 1.78. The van der Waals surface area contributed by atoms with E-state index in [4.69, 9.17) is 11.6 Å². The van der Waals surface area contributed by atoms with E-state index in [0.717, 1.165) is 6.07 Å². The van der Waals surface area contributed by atoms with E-state index in [1.165, 1.54) is 0 Å². The molecule has 0 saturated carbocycles. The molecule has 0 unspecified atom stereocenters. The van der Waals surface area contributed by atoms with Gasteiger partial charge in [-0.05, 0) is 0 Å². The van der Waals surface area contributed by atoms with Crippen LogP contribution in [0.1, 0.15) is 22.5 Å². The Morgan fingerprint density at radius 2 is 2.15 bits per heavy atom. The lowest BCUT2D eigenvalue weighted by molar-refractivity contribution is 0.110. The fourth-order valence-corrected chi connectivity index (χ4v) is 1.09. The summed E-state index contributed by atoms with van der Waals surface area (Å²) in [5.74, 6) is 0. The first-order valence-corrected chi connectivity index (χ1v) is 3.60. The van der Waals surface area contributed by atoms with Gasteiger partial charge in [0.25, 0.3) is 6.43 Å². The van der Waals surface area contributed by atoms with E-state index in [1.54, 1.807) is 0 Å². The van der Waals surface area contributed by atoms with Crippen molar-refractivity contribution < 1.29 is 13.6 Å². The monoisotopic (exact) mass is 207 g/mol. The van der Waals surface area contributed by atoms with Crippen LogP contribution in [0.3, 0.4) is 0 Å². The molecular formula is C7H4ClF2NO2. The standard InChI is InChI=1S/C7H4ClF2NO2/c8-4-1-5(13)11-6(7(9)10)3(4)2-12/h1-2,7H,(H,11,13). The molecule has 0 atom stereocenters. The van der Waals surface area contributed by atoms with Crippen LogP contribution in [-0.2, 0) is 0 Å². The van der Waals surface area contributed by atoms with E-state index in [2.05, 4.69) is 0 Å². The lowest BCUT2D eigenvalue weighted by atomic mass is 10.2. The number of carbonyl (C=O) groups is 1. The Labute approximate surface area is 76.3 Å². The van der Waals surface area contributed by atoms with Gasteiger partial charge in [0.15, 0.2) is 6.29 Å². The van der Waals surface area contributed by atoms with Crippen molar-refractivity contribution in [2.45, 2.75) is 6.43 Å². The third-order valence-electron chi connectivity index (χ3n) is 1.40. The van der Waals surface area contributed by atoms with Crippen LogP contribution in [0.15, 0.2) is 10.9 Å². The van der Waals surface area contributed by atoms with Crippen molar-refractivity contribution in [2.75, 3.05) is 0 Å². The van der Waals surface area contributed by atoms with Crippen LogP contribution in [-0.4, -0.2) is 11.3 Å². The molecule has 3 nitrogen and oxygen atoms in total. The number of aromatic amines is 1. The second-order valence-electron chi connectivity index (χ2n) is 2.23. The number of aromatic nitrogens is 1. The van der Waals surface area contributed by atoms with E-state index >= 15 is 0 Å². The van der Waals surface area contributed by atoms with Gasteiger partial charge in [0, 0.05) is 6.07 Å². The maximum atomic E-state index is 12.2. The molecule has 0 amide bonds. The number of hydrogen-bond donors (Lipinski definition) is 1. The first-order valence-electron chi connectivity index (χ1n) is 3.22. The maximum absolute atomic E-state index is 12.2. The molecule has 0 saturated heterocycles. The van der Waals surface area contributed by atoms with Gasteiger partial charge < -0.3 is 4.98 Å². The smallest absolute Gasteiger partial charge is 0.279 e. The number of alkyl halides is 2. The van der Waals surface area contributed by atoms with E-state index in [9.17, 15) is 18.4 Å². The molecule has 0 aliphatic carbocycles. The van der Waals surface area contributed by atoms with Gasteiger partial charge in [-0.2, -0.15) is 0 Å². The van der Waals surface area contributed by atoms with Gasteiger partial charge in [0.05, 0.1) is 16.3 Å². The average molecular weight is 208 g/mol. The summed E-state index contributed by atoms with van der Waals surface area (Å²) in [6.45, 7) is 0. The van der Waals surface area contributed by atoms with Gasteiger partial charge in [-0.3, -0.25) is 9.59 Å². The molecule has 0 aliphatic rings. The van der Waals surface area contributed by atoms with Crippen LogP contribution in [0.25, 0.3) is 0 Å². The molecule has 0 bridgehead atoms. The Balaban J connectivity index is 3.47. The summed E-state index contributed by atoms with van der Waals surface area (Å²) >= 11 is 5.39. The van der Waals surface area contributed by atoms with Crippen molar-refractivity contribution in [2.24, 2.45) is 0 Å². The van der Waals surface area contributed by atoms with Crippen LogP contribution in [0.4, 0.5) is 8.78 Å². The fourth-order valence-electron chi connectivity index (χ4n) is 0.850. The van der Waals surface area contributed by atoms with Crippen molar-refractivity contribution in [3.05, 3.63) is 32.7 Å². The first kappa shape index (κ1) is 9.85. The number of aldehydes is 1. The number of hydrogen-bond acceptors (Lipinski definition) is 2. The summed E-state index contributed by atoms with van der Waals surface area (Å²) in [5.41, 5.74) is -1.88. The van der Waals surface area contributed by atoms with Gasteiger partial charge in [0.2, 0.25) is 5.56 Å². The summed E-state index contributed by atoms with van der Waals surface area (Å²) in [7, 11) is 0. The number of nitrogens with one attached hydrogen (secondary N) is 1. The zero-order chi connectivity index (χ0) is 10.0. The van der Waals surface area contributed by atoms with Crippen LogP contribution in [0.5, 0.6) is 0 Å².